The summed E-state index contributed by atoms with van der Waals surface area (Å²) in [7, 11) is 0. The molecule has 96 valence electrons. The molecule has 0 fully saturated rings. The Kier molecular flexibility index (Phi) is 4.07. The number of benzene rings is 1. The Balaban J connectivity index is 3.15. The molecule has 0 amide bonds. The first-order valence-corrected chi connectivity index (χ1v) is 4.70. The molecule has 0 saturated carbocycles. The Bertz CT molecular complexity index is 394. The summed E-state index contributed by atoms with van der Waals surface area (Å²) in [6.45, 7) is -0.392. The Morgan fingerprint density at radius 3 is 2.29 bits per heavy atom. The molecule has 0 aromatic heterocycles. The van der Waals surface area contributed by atoms with Crippen LogP contribution in [-0.2, 0) is 6.18 Å². The standard InChI is InChI=1S/C10H11F4NO2/c11-7-2-1-5(10(12,13)14)3-6(7)9(17)8(16)4-15/h1-3,8-9,16-17H,4,15H2. The van der Waals surface area contributed by atoms with Crippen LogP contribution in [0, 0.1) is 5.82 Å². The zero-order valence-electron chi connectivity index (χ0n) is 8.58. The summed E-state index contributed by atoms with van der Waals surface area (Å²) < 4.78 is 50.3. The van der Waals surface area contributed by atoms with Crippen LogP contribution in [-0.4, -0.2) is 22.9 Å². The fourth-order valence-corrected chi connectivity index (χ4v) is 1.28. The topological polar surface area (TPSA) is 66.5 Å². The molecule has 1 aromatic rings. The maximum Gasteiger partial charge on any atom is 0.416 e. The second kappa shape index (κ2) is 4.99. The van der Waals surface area contributed by atoms with Gasteiger partial charge in [0.1, 0.15) is 11.9 Å². The van der Waals surface area contributed by atoms with Crippen LogP contribution in [0.25, 0.3) is 0 Å². The second-order valence-corrected chi connectivity index (χ2v) is 3.48. The monoisotopic (exact) mass is 253 g/mol. The molecule has 0 saturated heterocycles. The van der Waals surface area contributed by atoms with Crippen molar-refractivity contribution in [2.45, 2.75) is 18.4 Å². The third-order valence-electron chi connectivity index (χ3n) is 2.25. The Labute approximate surface area is 94.5 Å². The first kappa shape index (κ1) is 13.9. The van der Waals surface area contributed by atoms with E-state index in [9.17, 15) is 27.8 Å². The number of alkyl halides is 3. The summed E-state index contributed by atoms with van der Waals surface area (Å²) in [6, 6.07) is 1.60. The van der Waals surface area contributed by atoms with Crippen molar-refractivity contribution in [3.63, 3.8) is 0 Å². The lowest BCUT2D eigenvalue weighted by molar-refractivity contribution is -0.137. The zero-order chi connectivity index (χ0) is 13.2. The molecule has 0 aliphatic carbocycles. The molecular weight excluding hydrogens is 242 g/mol. The van der Waals surface area contributed by atoms with Crippen molar-refractivity contribution in [3.8, 4) is 0 Å². The molecule has 2 atom stereocenters. The largest absolute Gasteiger partial charge is 0.416 e. The molecule has 7 heteroatoms. The van der Waals surface area contributed by atoms with E-state index in [-0.39, 0.29) is 0 Å². The van der Waals surface area contributed by atoms with E-state index in [2.05, 4.69) is 0 Å². The fourth-order valence-electron chi connectivity index (χ4n) is 1.28. The lowest BCUT2D eigenvalue weighted by atomic mass is 10.0. The summed E-state index contributed by atoms with van der Waals surface area (Å²) in [5.41, 5.74) is 3.30. The van der Waals surface area contributed by atoms with Gasteiger partial charge in [0.05, 0.1) is 11.7 Å². The maximum absolute atomic E-state index is 13.2. The average molecular weight is 253 g/mol. The number of nitrogens with two attached hydrogens (primary N) is 1. The normalized spacial score (nSPS) is 15.7. The minimum atomic E-state index is -4.64. The molecule has 3 nitrogen and oxygen atoms in total. The molecular formula is C10H11F4NO2. The number of hydrogen-bond donors (Lipinski definition) is 3. The van der Waals surface area contributed by atoms with Gasteiger partial charge in [-0.3, -0.25) is 0 Å². The van der Waals surface area contributed by atoms with Crippen molar-refractivity contribution in [1.29, 1.82) is 0 Å². The SMILES string of the molecule is NCC(O)C(O)c1cc(C(F)(F)F)ccc1F. The summed E-state index contributed by atoms with van der Waals surface area (Å²) in [5.74, 6) is -1.03. The predicted octanol–water partition coefficient (Wildman–Crippen LogP) is 1.20. The van der Waals surface area contributed by atoms with Gasteiger partial charge < -0.3 is 15.9 Å². The highest BCUT2D eigenvalue weighted by molar-refractivity contribution is 5.29. The molecule has 0 aliphatic rings. The van der Waals surface area contributed by atoms with Gasteiger partial charge in [0.2, 0.25) is 0 Å². The molecule has 0 bridgehead atoms. The van der Waals surface area contributed by atoms with E-state index in [1.807, 2.05) is 0 Å². The molecule has 4 N–H and O–H groups in total. The quantitative estimate of drug-likeness (QED) is 0.709. The first-order valence-electron chi connectivity index (χ1n) is 4.70. The predicted molar refractivity (Wildman–Crippen MR) is 51.4 cm³/mol. The molecule has 0 spiro atoms. The zero-order valence-corrected chi connectivity index (χ0v) is 8.58. The van der Waals surface area contributed by atoms with Crippen molar-refractivity contribution in [3.05, 3.63) is 35.1 Å². The Morgan fingerprint density at radius 2 is 1.82 bits per heavy atom. The maximum atomic E-state index is 13.2. The third-order valence-corrected chi connectivity index (χ3v) is 2.25. The minimum Gasteiger partial charge on any atom is -0.389 e. The van der Waals surface area contributed by atoms with Crippen LogP contribution < -0.4 is 5.73 Å². The Morgan fingerprint density at radius 1 is 1.24 bits per heavy atom. The minimum absolute atomic E-state index is 0.392. The van der Waals surface area contributed by atoms with E-state index < -0.39 is 41.9 Å². The highest BCUT2D eigenvalue weighted by atomic mass is 19.4. The lowest BCUT2D eigenvalue weighted by Gasteiger charge is -2.18. The van der Waals surface area contributed by atoms with Crippen molar-refractivity contribution in [2.24, 2.45) is 5.73 Å². The molecule has 0 aliphatic heterocycles. The smallest absolute Gasteiger partial charge is 0.389 e. The Hall–Kier alpha value is -1.18. The van der Waals surface area contributed by atoms with Gasteiger partial charge in [0, 0.05) is 12.1 Å². The van der Waals surface area contributed by atoms with Crippen LogP contribution in [0.4, 0.5) is 17.6 Å². The second-order valence-electron chi connectivity index (χ2n) is 3.48. The summed E-state index contributed by atoms with van der Waals surface area (Å²) >= 11 is 0. The van der Waals surface area contributed by atoms with Crippen LogP contribution in [0.5, 0.6) is 0 Å². The van der Waals surface area contributed by atoms with Gasteiger partial charge >= 0.3 is 6.18 Å². The molecule has 17 heavy (non-hydrogen) atoms. The molecule has 0 heterocycles. The van der Waals surface area contributed by atoms with E-state index in [4.69, 9.17) is 5.73 Å². The van der Waals surface area contributed by atoms with E-state index in [1.54, 1.807) is 0 Å². The van der Waals surface area contributed by atoms with Crippen LogP contribution >= 0.6 is 0 Å². The van der Waals surface area contributed by atoms with Crippen molar-refractivity contribution in [2.75, 3.05) is 6.54 Å². The highest BCUT2D eigenvalue weighted by Crippen LogP contribution is 2.32. The van der Waals surface area contributed by atoms with Crippen LogP contribution in [0.2, 0.25) is 0 Å². The van der Waals surface area contributed by atoms with Gasteiger partial charge in [-0.05, 0) is 18.2 Å². The summed E-state index contributed by atoms with van der Waals surface area (Å²) in [5, 5.41) is 18.6. The highest BCUT2D eigenvalue weighted by Gasteiger charge is 2.32. The van der Waals surface area contributed by atoms with E-state index >= 15 is 0 Å². The number of rotatable bonds is 3. The molecule has 1 rings (SSSR count). The van der Waals surface area contributed by atoms with Gasteiger partial charge in [-0.1, -0.05) is 0 Å². The first-order chi connectivity index (χ1) is 7.77. The van der Waals surface area contributed by atoms with E-state index in [0.29, 0.717) is 18.2 Å². The van der Waals surface area contributed by atoms with Gasteiger partial charge in [0.25, 0.3) is 0 Å². The summed E-state index contributed by atoms with van der Waals surface area (Å²) in [4.78, 5) is 0. The number of aliphatic hydroxyl groups is 2. The lowest BCUT2D eigenvalue weighted by Crippen LogP contribution is -2.28. The van der Waals surface area contributed by atoms with Gasteiger partial charge in [-0.15, -0.1) is 0 Å². The van der Waals surface area contributed by atoms with Crippen LogP contribution in [0.1, 0.15) is 17.2 Å². The van der Waals surface area contributed by atoms with Gasteiger partial charge in [0.15, 0.2) is 0 Å². The van der Waals surface area contributed by atoms with Crippen LogP contribution in [0.15, 0.2) is 18.2 Å². The van der Waals surface area contributed by atoms with Gasteiger partial charge in [-0.25, -0.2) is 4.39 Å². The molecule has 2 unspecified atom stereocenters. The van der Waals surface area contributed by atoms with Crippen molar-refractivity contribution < 1.29 is 27.8 Å². The molecule has 1 aromatic carbocycles. The number of hydrogen-bond acceptors (Lipinski definition) is 3. The van der Waals surface area contributed by atoms with Crippen molar-refractivity contribution >= 4 is 0 Å². The van der Waals surface area contributed by atoms with Crippen molar-refractivity contribution in [1.82, 2.24) is 0 Å². The van der Waals surface area contributed by atoms with Crippen LogP contribution in [0.3, 0.4) is 0 Å². The fraction of sp³-hybridized carbons (Fsp3) is 0.400. The number of halogens is 4. The van der Waals surface area contributed by atoms with E-state index in [0.717, 1.165) is 0 Å². The average Bonchev–Trinajstić information content (AvgIpc) is 2.26. The van der Waals surface area contributed by atoms with Gasteiger partial charge in [-0.2, -0.15) is 13.2 Å². The molecule has 0 radical (unpaired) electrons. The summed E-state index contributed by atoms with van der Waals surface area (Å²) in [6.07, 6.45) is -7.95. The number of aliphatic hydroxyl groups excluding tert-OH is 2. The third kappa shape index (κ3) is 3.15. The van der Waals surface area contributed by atoms with E-state index in [1.165, 1.54) is 0 Å².